The van der Waals surface area contributed by atoms with E-state index in [9.17, 15) is 4.79 Å². The molecule has 4 nitrogen and oxygen atoms in total. The Hall–Kier alpha value is -1.26. The highest BCUT2D eigenvalue weighted by atomic mass is 35.5. The van der Waals surface area contributed by atoms with Crippen molar-refractivity contribution in [2.45, 2.75) is 0 Å². The third-order valence-corrected chi connectivity index (χ3v) is 2.41. The summed E-state index contributed by atoms with van der Waals surface area (Å²) in [7, 11) is 1.71. The van der Waals surface area contributed by atoms with Crippen LogP contribution in [0.4, 0.5) is 0 Å². The van der Waals surface area contributed by atoms with Gasteiger partial charge in [-0.15, -0.1) is 0 Å². The second kappa shape index (κ2) is 4.08. The third-order valence-electron chi connectivity index (χ3n) is 2.11. The highest BCUT2D eigenvalue weighted by Crippen LogP contribution is 2.41. The van der Waals surface area contributed by atoms with Crippen LogP contribution < -0.4 is 14.8 Å². The van der Waals surface area contributed by atoms with Crippen LogP contribution in [-0.2, 0) is 0 Å². The molecule has 1 aromatic rings. The monoisotopic (exact) mass is 227 g/mol. The summed E-state index contributed by atoms with van der Waals surface area (Å²) in [5, 5.41) is 3.25. The van der Waals surface area contributed by atoms with Crippen LogP contribution in [0.15, 0.2) is 12.1 Å². The molecule has 0 unspecified atom stereocenters. The van der Waals surface area contributed by atoms with Crippen molar-refractivity contribution in [2.24, 2.45) is 0 Å². The van der Waals surface area contributed by atoms with Crippen LogP contribution in [0.2, 0.25) is 5.02 Å². The quantitative estimate of drug-likeness (QED) is 0.795. The number of benzene rings is 1. The molecule has 80 valence electrons. The second-order valence-electron chi connectivity index (χ2n) is 3.11. The number of carbonyl (C=O) groups is 1. The number of hydrogen-bond acceptors (Lipinski definition) is 4. The molecule has 0 aliphatic carbocycles. The van der Waals surface area contributed by atoms with Crippen LogP contribution in [0.1, 0.15) is 10.4 Å². The van der Waals surface area contributed by atoms with E-state index in [-0.39, 0.29) is 19.1 Å². The SMILES string of the molecule is CNCC(=O)c1ccc(Cl)c2c1OCO2. The molecule has 0 amide bonds. The number of fused-ring (bicyclic) bond motifs is 1. The highest BCUT2D eigenvalue weighted by Gasteiger charge is 2.24. The number of ketones is 1. The molecule has 0 aromatic heterocycles. The zero-order valence-corrected chi connectivity index (χ0v) is 8.93. The summed E-state index contributed by atoms with van der Waals surface area (Å²) in [6.45, 7) is 0.371. The Bertz CT molecular complexity index is 406. The van der Waals surface area contributed by atoms with E-state index >= 15 is 0 Å². The molecule has 1 N–H and O–H groups in total. The van der Waals surface area contributed by atoms with E-state index in [0.717, 1.165) is 0 Å². The van der Waals surface area contributed by atoms with Crippen molar-refractivity contribution in [1.29, 1.82) is 0 Å². The molecule has 15 heavy (non-hydrogen) atoms. The van der Waals surface area contributed by atoms with Gasteiger partial charge in [0, 0.05) is 0 Å². The highest BCUT2D eigenvalue weighted by molar-refractivity contribution is 6.32. The van der Waals surface area contributed by atoms with Crippen molar-refractivity contribution in [3.63, 3.8) is 0 Å². The summed E-state index contributed by atoms with van der Waals surface area (Å²) in [6, 6.07) is 3.29. The van der Waals surface area contributed by atoms with E-state index in [1.807, 2.05) is 0 Å². The average molecular weight is 228 g/mol. The largest absolute Gasteiger partial charge is 0.453 e. The van der Waals surface area contributed by atoms with Crippen LogP contribution in [0.5, 0.6) is 11.5 Å². The standard InChI is InChI=1S/C10H10ClNO3/c1-12-4-8(13)6-2-3-7(11)10-9(6)14-5-15-10/h2-3,12H,4-5H2,1H3. The van der Waals surface area contributed by atoms with Gasteiger partial charge >= 0.3 is 0 Å². The van der Waals surface area contributed by atoms with E-state index in [0.29, 0.717) is 22.1 Å². The van der Waals surface area contributed by atoms with E-state index in [1.54, 1.807) is 19.2 Å². The van der Waals surface area contributed by atoms with Gasteiger partial charge in [0.05, 0.1) is 17.1 Å². The Balaban J connectivity index is 2.41. The topological polar surface area (TPSA) is 47.6 Å². The van der Waals surface area contributed by atoms with Gasteiger partial charge in [-0.2, -0.15) is 0 Å². The zero-order valence-electron chi connectivity index (χ0n) is 8.17. The lowest BCUT2D eigenvalue weighted by molar-refractivity contribution is 0.0989. The number of Topliss-reactive ketones (excluding diaryl/α,β-unsaturated/α-hetero) is 1. The fourth-order valence-electron chi connectivity index (χ4n) is 1.44. The van der Waals surface area contributed by atoms with Crippen LogP contribution in [-0.4, -0.2) is 26.2 Å². The lowest BCUT2D eigenvalue weighted by atomic mass is 10.1. The van der Waals surface area contributed by atoms with Crippen molar-refractivity contribution in [3.05, 3.63) is 22.7 Å². The Morgan fingerprint density at radius 1 is 1.47 bits per heavy atom. The first-order valence-electron chi connectivity index (χ1n) is 4.50. The Morgan fingerprint density at radius 2 is 2.20 bits per heavy atom. The summed E-state index contributed by atoms with van der Waals surface area (Å²) in [5.74, 6) is 0.859. The van der Waals surface area contributed by atoms with Gasteiger partial charge in [0.25, 0.3) is 0 Å². The molecule has 1 aliphatic rings. The van der Waals surface area contributed by atoms with Gasteiger partial charge in [-0.25, -0.2) is 0 Å². The summed E-state index contributed by atoms with van der Waals surface area (Å²) in [4.78, 5) is 11.7. The first-order chi connectivity index (χ1) is 7.24. The van der Waals surface area contributed by atoms with Gasteiger partial charge in [-0.05, 0) is 19.2 Å². The van der Waals surface area contributed by atoms with Gasteiger partial charge in [0.1, 0.15) is 0 Å². The summed E-state index contributed by atoms with van der Waals surface area (Å²) >= 11 is 5.89. The van der Waals surface area contributed by atoms with Gasteiger partial charge in [-0.1, -0.05) is 11.6 Å². The van der Waals surface area contributed by atoms with Gasteiger partial charge < -0.3 is 14.8 Å². The molecule has 0 fully saturated rings. The van der Waals surface area contributed by atoms with Crippen LogP contribution in [0, 0.1) is 0 Å². The van der Waals surface area contributed by atoms with Gasteiger partial charge in [0.2, 0.25) is 6.79 Å². The fraction of sp³-hybridized carbons (Fsp3) is 0.300. The number of carbonyl (C=O) groups excluding carboxylic acids is 1. The molecular formula is C10H10ClNO3. The molecule has 0 spiro atoms. The van der Waals surface area contributed by atoms with Crippen molar-refractivity contribution in [2.75, 3.05) is 20.4 Å². The molecule has 0 radical (unpaired) electrons. The lowest BCUT2D eigenvalue weighted by Gasteiger charge is -2.05. The number of nitrogens with one attached hydrogen (secondary N) is 1. The number of halogens is 1. The molecule has 2 rings (SSSR count). The Labute approximate surface area is 92.1 Å². The molecule has 0 bridgehead atoms. The first-order valence-corrected chi connectivity index (χ1v) is 4.87. The van der Waals surface area contributed by atoms with Crippen molar-refractivity contribution >= 4 is 17.4 Å². The molecule has 0 saturated heterocycles. The molecule has 1 aliphatic heterocycles. The molecule has 0 atom stereocenters. The lowest BCUT2D eigenvalue weighted by Crippen LogP contribution is -2.18. The minimum absolute atomic E-state index is 0.0454. The number of ether oxygens (including phenoxy) is 2. The predicted octanol–water partition coefficient (Wildman–Crippen LogP) is 1.47. The number of likely N-dealkylation sites (N-methyl/N-ethyl adjacent to an activating group) is 1. The zero-order chi connectivity index (χ0) is 10.8. The van der Waals surface area contributed by atoms with Crippen molar-refractivity contribution in [1.82, 2.24) is 5.32 Å². The average Bonchev–Trinajstić information content (AvgIpc) is 2.68. The minimum atomic E-state index is -0.0454. The van der Waals surface area contributed by atoms with E-state index < -0.39 is 0 Å². The normalized spacial score (nSPS) is 12.9. The van der Waals surface area contributed by atoms with Crippen LogP contribution in [0.25, 0.3) is 0 Å². The number of rotatable bonds is 3. The Morgan fingerprint density at radius 3 is 2.93 bits per heavy atom. The Kier molecular flexibility index (Phi) is 2.79. The van der Waals surface area contributed by atoms with Crippen molar-refractivity contribution < 1.29 is 14.3 Å². The maximum absolute atomic E-state index is 11.7. The maximum atomic E-state index is 11.7. The molecule has 0 saturated carbocycles. The summed E-state index contributed by atoms with van der Waals surface area (Å²) in [5.41, 5.74) is 0.501. The summed E-state index contributed by atoms with van der Waals surface area (Å²) in [6.07, 6.45) is 0. The molecule has 5 heteroatoms. The minimum Gasteiger partial charge on any atom is -0.453 e. The molecule has 1 aromatic carbocycles. The smallest absolute Gasteiger partial charge is 0.231 e. The van der Waals surface area contributed by atoms with Crippen molar-refractivity contribution in [3.8, 4) is 11.5 Å². The van der Waals surface area contributed by atoms with Crippen LogP contribution >= 0.6 is 11.6 Å². The predicted molar refractivity (Wildman–Crippen MR) is 55.8 cm³/mol. The van der Waals surface area contributed by atoms with Crippen LogP contribution in [0.3, 0.4) is 0 Å². The van der Waals surface area contributed by atoms with E-state index in [1.165, 1.54) is 0 Å². The second-order valence-corrected chi connectivity index (χ2v) is 3.52. The number of hydrogen-bond donors (Lipinski definition) is 1. The van der Waals surface area contributed by atoms with E-state index in [4.69, 9.17) is 21.1 Å². The maximum Gasteiger partial charge on any atom is 0.231 e. The fourth-order valence-corrected chi connectivity index (χ4v) is 1.64. The van der Waals surface area contributed by atoms with Gasteiger partial charge in [0.15, 0.2) is 17.3 Å². The van der Waals surface area contributed by atoms with Gasteiger partial charge in [-0.3, -0.25) is 4.79 Å². The first kappa shape index (κ1) is 10.3. The third kappa shape index (κ3) is 1.78. The molecular weight excluding hydrogens is 218 g/mol. The van der Waals surface area contributed by atoms with E-state index in [2.05, 4.69) is 5.32 Å². The molecule has 1 heterocycles. The summed E-state index contributed by atoms with van der Waals surface area (Å²) < 4.78 is 10.4.